The van der Waals surface area contributed by atoms with Gasteiger partial charge in [0, 0.05) is 0 Å². The van der Waals surface area contributed by atoms with Crippen molar-refractivity contribution in [2.45, 2.75) is 12.1 Å². The molecule has 17 heavy (non-hydrogen) atoms. The Labute approximate surface area is 100.0 Å². The molecule has 1 aliphatic heterocycles. The molecule has 2 atom stereocenters. The third-order valence-electron chi connectivity index (χ3n) is 2.86. The fourth-order valence-electron chi connectivity index (χ4n) is 1.83. The number of hydrogen-bond acceptors (Lipinski definition) is 5. The van der Waals surface area contributed by atoms with Gasteiger partial charge in [-0.1, -0.05) is 6.07 Å². The number of hydrogen-bond donors (Lipinski definition) is 3. The Bertz CT molecular complexity index is 379. The molecule has 94 valence electrons. The van der Waals surface area contributed by atoms with Crippen LogP contribution in [0.5, 0.6) is 11.5 Å². The van der Waals surface area contributed by atoms with E-state index in [9.17, 15) is 5.11 Å². The first-order chi connectivity index (χ1) is 8.26. The van der Waals surface area contributed by atoms with Crippen molar-refractivity contribution in [3.8, 4) is 11.5 Å². The van der Waals surface area contributed by atoms with E-state index in [2.05, 4.69) is 5.32 Å². The van der Waals surface area contributed by atoms with E-state index in [1.54, 1.807) is 25.2 Å². The van der Waals surface area contributed by atoms with Gasteiger partial charge in [-0.3, -0.25) is 0 Å². The first-order valence-electron chi connectivity index (χ1n) is 5.62. The van der Waals surface area contributed by atoms with Crippen LogP contribution in [0.2, 0.25) is 0 Å². The molecule has 1 aromatic carbocycles. The van der Waals surface area contributed by atoms with Gasteiger partial charge in [0.15, 0.2) is 11.5 Å². The lowest BCUT2D eigenvalue weighted by molar-refractivity contribution is 0.0934. The van der Waals surface area contributed by atoms with Gasteiger partial charge in [0.1, 0.15) is 13.2 Å². The summed E-state index contributed by atoms with van der Waals surface area (Å²) in [7, 11) is 1.70. The maximum absolute atomic E-state index is 10.1. The van der Waals surface area contributed by atoms with E-state index >= 15 is 0 Å². The summed E-state index contributed by atoms with van der Waals surface area (Å²) in [5.41, 5.74) is 0.697. The van der Waals surface area contributed by atoms with Crippen LogP contribution in [0, 0.1) is 0 Å². The second-order valence-corrected chi connectivity index (χ2v) is 3.93. The van der Waals surface area contributed by atoms with Crippen molar-refractivity contribution < 1.29 is 19.7 Å². The molecule has 0 amide bonds. The number of aliphatic hydroxyl groups excluding tert-OH is 2. The molecule has 0 bridgehead atoms. The molecule has 5 nitrogen and oxygen atoms in total. The predicted molar refractivity (Wildman–Crippen MR) is 62.3 cm³/mol. The van der Waals surface area contributed by atoms with Gasteiger partial charge in [-0.05, 0) is 24.7 Å². The molecule has 3 N–H and O–H groups in total. The number of rotatable bonds is 4. The number of likely N-dealkylation sites (N-methyl/N-ethyl adjacent to an activating group) is 1. The first kappa shape index (κ1) is 12.2. The zero-order valence-electron chi connectivity index (χ0n) is 9.72. The molecule has 0 unspecified atom stereocenters. The number of benzene rings is 1. The molecule has 0 radical (unpaired) electrons. The second-order valence-electron chi connectivity index (χ2n) is 3.93. The van der Waals surface area contributed by atoms with E-state index in [-0.39, 0.29) is 6.61 Å². The highest BCUT2D eigenvalue weighted by Crippen LogP contribution is 2.33. The number of fused-ring (bicyclic) bond motifs is 1. The molecule has 0 fully saturated rings. The fourth-order valence-corrected chi connectivity index (χ4v) is 1.83. The summed E-state index contributed by atoms with van der Waals surface area (Å²) in [6, 6.07) is 4.91. The van der Waals surface area contributed by atoms with Gasteiger partial charge in [-0.25, -0.2) is 0 Å². The lowest BCUT2D eigenvalue weighted by Gasteiger charge is -2.23. The van der Waals surface area contributed by atoms with Crippen LogP contribution in [-0.4, -0.2) is 43.1 Å². The van der Waals surface area contributed by atoms with Crippen LogP contribution in [0.4, 0.5) is 0 Å². The van der Waals surface area contributed by atoms with Crippen LogP contribution in [0.25, 0.3) is 0 Å². The Morgan fingerprint density at radius 3 is 2.65 bits per heavy atom. The number of nitrogens with one attached hydrogen (secondary N) is 1. The molecule has 1 heterocycles. The highest BCUT2D eigenvalue weighted by molar-refractivity contribution is 5.44. The fraction of sp³-hybridized carbons (Fsp3) is 0.500. The van der Waals surface area contributed by atoms with Gasteiger partial charge in [0.05, 0.1) is 18.8 Å². The van der Waals surface area contributed by atoms with Gasteiger partial charge in [-0.2, -0.15) is 0 Å². The van der Waals surface area contributed by atoms with Gasteiger partial charge in [0.2, 0.25) is 0 Å². The van der Waals surface area contributed by atoms with Crippen molar-refractivity contribution in [1.82, 2.24) is 5.32 Å². The lowest BCUT2D eigenvalue weighted by Crippen LogP contribution is -2.35. The Kier molecular flexibility index (Phi) is 3.83. The summed E-state index contributed by atoms with van der Waals surface area (Å²) in [6.07, 6.45) is -0.777. The SMILES string of the molecule is CN[C@H](CO)[C@H](O)c1ccc2c(c1)OCCO2. The largest absolute Gasteiger partial charge is 0.486 e. The van der Waals surface area contributed by atoms with E-state index in [4.69, 9.17) is 14.6 Å². The number of ether oxygens (including phenoxy) is 2. The summed E-state index contributed by atoms with van der Waals surface area (Å²) < 4.78 is 10.8. The summed E-state index contributed by atoms with van der Waals surface area (Å²) in [4.78, 5) is 0. The Morgan fingerprint density at radius 2 is 2.00 bits per heavy atom. The van der Waals surface area contributed by atoms with E-state index in [1.165, 1.54) is 0 Å². The van der Waals surface area contributed by atoms with Crippen LogP contribution < -0.4 is 14.8 Å². The zero-order valence-corrected chi connectivity index (χ0v) is 9.72. The molecule has 5 heteroatoms. The summed E-state index contributed by atoms with van der Waals surface area (Å²) in [5.74, 6) is 1.33. The summed E-state index contributed by atoms with van der Waals surface area (Å²) >= 11 is 0. The van der Waals surface area contributed by atoms with Crippen molar-refractivity contribution in [1.29, 1.82) is 0 Å². The predicted octanol–water partition coefficient (Wildman–Crippen LogP) is 0.0715. The molecule has 0 saturated heterocycles. The van der Waals surface area contributed by atoms with E-state index in [1.807, 2.05) is 0 Å². The third-order valence-corrected chi connectivity index (χ3v) is 2.86. The van der Waals surface area contributed by atoms with Crippen molar-refractivity contribution >= 4 is 0 Å². The van der Waals surface area contributed by atoms with Crippen LogP contribution in [0.15, 0.2) is 18.2 Å². The summed E-state index contributed by atoms with van der Waals surface area (Å²) in [5, 5.41) is 22.0. The molecule has 2 rings (SSSR count). The van der Waals surface area contributed by atoms with Crippen molar-refractivity contribution in [2.24, 2.45) is 0 Å². The minimum absolute atomic E-state index is 0.133. The average Bonchev–Trinajstić information content (AvgIpc) is 2.39. The first-order valence-corrected chi connectivity index (χ1v) is 5.62. The van der Waals surface area contributed by atoms with Gasteiger partial charge >= 0.3 is 0 Å². The maximum Gasteiger partial charge on any atom is 0.161 e. The van der Waals surface area contributed by atoms with Crippen molar-refractivity contribution in [3.63, 3.8) is 0 Å². The van der Waals surface area contributed by atoms with Gasteiger partial charge in [-0.15, -0.1) is 0 Å². The third kappa shape index (κ3) is 2.52. The quantitative estimate of drug-likeness (QED) is 0.693. The zero-order chi connectivity index (χ0) is 12.3. The molecule has 0 aliphatic carbocycles. The Hall–Kier alpha value is -1.30. The Morgan fingerprint density at radius 1 is 1.29 bits per heavy atom. The van der Waals surface area contributed by atoms with Crippen LogP contribution in [-0.2, 0) is 0 Å². The monoisotopic (exact) mass is 239 g/mol. The minimum Gasteiger partial charge on any atom is -0.486 e. The van der Waals surface area contributed by atoms with Gasteiger partial charge < -0.3 is 25.0 Å². The maximum atomic E-state index is 10.1. The molecular formula is C12H17NO4. The normalized spacial score (nSPS) is 17.6. The summed E-state index contributed by atoms with van der Waals surface area (Å²) in [6.45, 7) is 0.929. The average molecular weight is 239 g/mol. The van der Waals surface area contributed by atoms with Crippen LogP contribution in [0.3, 0.4) is 0 Å². The Balaban J connectivity index is 2.21. The lowest BCUT2D eigenvalue weighted by atomic mass is 10.0. The highest BCUT2D eigenvalue weighted by Gasteiger charge is 2.21. The van der Waals surface area contributed by atoms with E-state index in [0.717, 1.165) is 0 Å². The van der Waals surface area contributed by atoms with E-state index < -0.39 is 12.1 Å². The van der Waals surface area contributed by atoms with Gasteiger partial charge in [0.25, 0.3) is 0 Å². The molecule has 0 spiro atoms. The van der Waals surface area contributed by atoms with Crippen LogP contribution in [0.1, 0.15) is 11.7 Å². The van der Waals surface area contributed by atoms with Crippen molar-refractivity contribution in [2.75, 3.05) is 26.9 Å². The molecule has 1 aromatic rings. The highest BCUT2D eigenvalue weighted by atomic mass is 16.6. The molecule has 0 saturated carbocycles. The van der Waals surface area contributed by atoms with Crippen molar-refractivity contribution in [3.05, 3.63) is 23.8 Å². The van der Waals surface area contributed by atoms with E-state index in [0.29, 0.717) is 30.3 Å². The second kappa shape index (κ2) is 5.35. The standard InChI is InChI=1S/C12H17NO4/c1-13-9(7-14)12(15)8-2-3-10-11(6-8)17-5-4-16-10/h2-3,6,9,12-15H,4-5,7H2,1H3/t9-,12-/m1/s1. The minimum atomic E-state index is -0.777. The molecule has 1 aliphatic rings. The molecular weight excluding hydrogens is 222 g/mol. The topological polar surface area (TPSA) is 71.0 Å². The van der Waals surface area contributed by atoms with Crippen LogP contribution >= 0.6 is 0 Å². The number of aliphatic hydroxyl groups is 2. The molecule has 0 aromatic heterocycles. The smallest absolute Gasteiger partial charge is 0.161 e.